The van der Waals surface area contributed by atoms with Crippen LogP contribution in [0.5, 0.6) is 0 Å². The van der Waals surface area contributed by atoms with Gasteiger partial charge in [0.2, 0.25) is 5.91 Å². The molecule has 6 heteroatoms. The molecule has 0 bridgehead atoms. The van der Waals surface area contributed by atoms with Crippen molar-refractivity contribution in [2.24, 2.45) is 0 Å². The van der Waals surface area contributed by atoms with E-state index >= 15 is 0 Å². The Bertz CT molecular complexity index is 472. The molecule has 3 rings (SSSR count). The summed E-state index contributed by atoms with van der Waals surface area (Å²) < 4.78 is 0. The fourth-order valence-corrected chi connectivity index (χ4v) is 3.61. The van der Waals surface area contributed by atoms with Gasteiger partial charge in [0.1, 0.15) is 0 Å². The third-order valence-corrected chi connectivity index (χ3v) is 4.94. The first-order valence-electron chi connectivity index (χ1n) is 8.64. The molecule has 1 N–H and O–H groups in total. The van der Waals surface area contributed by atoms with Gasteiger partial charge in [0, 0.05) is 24.8 Å². The monoisotopic (exact) mass is 373 g/mol. The molecule has 0 spiro atoms. The zero-order chi connectivity index (χ0) is 15.2. The van der Waals surface area contributed by atoms with Gasteiger partial charge in [-0.3, -0.25) is 4.79 Å². The minimum atomic E-state index is 0. The number of halogens is 2. The number of nitrogens with zero attached hydrogens (tertiary/aromatic N) is 2. The van der Waals surface area contributed by atoms with Crippen molar-refractivity contribution >= 4 is 36.4 Å². The molecule has 0 atom stereocenters. The molecule has 2 aliphatic rings. The number of piperidine rings is 2. The van der Waals surface area contributed by atoms with E-state index in [1.54, 1.807) is 0 Å². The largest absolute Gasteiger partial charge is 0.376 e. The number of rotatable bonds is 4. The lowest BCUT2D eigenvalue weighted by molar-refractivity contribution is -0.130. The molecule has 0 unspecified atom stereocenters. The molecule has 0 aromatic heterocycles. The highest BCUT2D eigenvalue weighted by Gasteiger charge is 2.27. The van der Waals surface area contributed by atoms with E-state index in [-0.39, 0.29) is 30.7 Å². The molecule has 0 saturated carbocycles. The number of nitrogens with one attached hydrogen (secondary N) is 1. The quantitative estimate of drug-likeness (QED) is 0.877. The van der Waals surface area contributed by atoms with Crippen LogP contribution >= 0.6 is 24.8 Å². The predicted octanol–water partition coefficient (Wildman–Crippen LogP) is 3.42. The Hall–Kier alpha value is -0.970. The summed E-state index contributed by atoms with van der Waals surface area (Å²) in [5.41, 5.74) is 1.01. The van der Waals surface area contributed by atoms with Crippen LogP contribution in [0, 0.1) is 0 Å². The summed E-state index contributed by atoms with van der Waals surface area (Å²) in [5, 5.41) is 3.21. The molecule has 0 aliphatic carbocycles. The van der Waals surface area contributed by atoms with Gasteiger partial charge >= 0.3 is 0 Å². The molecule has 1 amide bonds. The molecule has 2 fully saturated rings. The number of benzene rings is 1. The first-order valence-corrected chi connectivity index (χ1v) is 8.64. The van der Waals surface area contributed by atoms with E-state index in [2.05, 4.69) is 10.2 Å². The summed E-state index contributed by atoms with van der Waals surface area (Å²) in [6, 6.07) is 10.6. The summed E-state index contributed by atoms with van der Waals surface area (Å²) in [4.78, 5) is 17.0. The van der Waals surface area contributed by atoms with Crippen molar-refractivity contribution in [3.8, 4) is 0 Å². The van der Waals surface area contributed by atoms with Gasteiger partial charge in [-0.15, -0.1) is 24.8 Å². The molecule has 1 aromatic rings. The fraction of sp³-hybridized carbons (Fsp3) is 0.611. The summed E-state index contributed by atoms with van der Waals surface area (Å²) in [6.45, 7) is 4.74. The van der Waals surface area contributed by atoms with Crippen LogP contribution < -0.4 is 5.32 Å². The normalized spacial score (nSPS) is 19.1. The minimum absolute atomic E-state index is 0. The van der Waals surface area contributed by atoms with Gasteiger partial charge in [0.05, 0.1) is 6.54 Å². The Morgan fingerprint density at radius 1 is 0.958 bits per heavy atom. The van der Waals surface area contributed by atoms with Crippen LogP contribution in [-0.2, 0) is 4.79 Å². The molecule has 24 heavy (non-hydrogen) atoms. The topological polar surface area (TPSA) is 35.6 Å². The van der Waals surface area contributed by atoms with Crippen molar-refractivity contribution in [3.63, 3.8) is 0 Å². The average Bonchev–Trinajstić information content (AvgIpc) is 2.61. The summed E-state index contributed by atoms with van der Waals surface area (Å²) in [6.07, 6.45) is 6.35. The lowest BCUT2D eigenvalue weighted by Gasteiger charge is -2.40. The second-order valence-electron chi connectivity index (χ2n) is 6.43. The maximum absolute atomic E-state index is 12.3. The Labute approximate surface area is 157 Å². The smallest absolute Gasteiger partial charge is 0.241 e. The van der Waals surface area contributed by atoms with Gasteiger partial charge in [0.25, 0.3) is 0 Å². The number of likely N-dealkylation sites (tertiary alicyclic amines) is 2. The minimum Gasteiger partial charge on any atom is -0.376 e. The molecule has 0 radical (unpaired) electrons. The highest BCUT2D eigenvalue weighted by Crippen LogP contribution is 2.20. The predicted molar refractivity (Wildman–Crippen MR) is 104 cm³/mol. The van der Waals surface area contributed by atoms with E-state index in [0.29, 0.717) is 12.6 Å². The average molecular weight is 374 g/mol. The van der Waals surface area contributed by atoms with Crippen molar-refractivity contribution in [2.45, 2.75) is 38.1 Å². The van der Waals surface area contributed by atoms with Crippen molar-refractivity contribution in [3.05, 3.63) is 30.3 Å². The van der Waals surface area contributed by atoms with Gasteiger partial charge in [-0.2, -0.15) is 0 Å². The Morgan fingerprint density at radius 2 is 1.58 bits per heavy atom. The molecule has 2 aliphatic heterocycles. The summed E-state index contributed by atoms with van der Waals surface area (Å²) >= 11 is 0. The number of anilines is 1. The van der Waals surface area contributed by atoms with E-state index in [0.717, 1.165) is 31.6 Å². The Kier molecular flexibility index (Phi) is 9.49. The van der Waals surface area contributed by atoms with Gasteiger partial charge in [-0.05, 0) is 50.9 Å². The van der Waals surface area contributed by atoms with E-state index in [4.69, 9.17) is 0 Å². The zero-order valence-electron chi connectivity index (χ0n) is 14.2. The van der Waals surface area contributed by atoms with Crippen LogP contribution in [0.2, 0.25) is 0 Å². The number of amides is 1. The van der Waals surface area contributed by atoms with Crippen molar-refractivity contribution in [1.82, 2.24) is 9.80 Å². The molecule has 2 saturated heterocycles. The van der Waals surface area contributed by atoms with Crippen molar-refractivity contribution in [2.75, 3.05) is 38.0 Å². The third-order valence-electron chi connectivity index (χ3n) is 4.94. The number of carbonyl (C=O) groups excluding carboxylic acids is 1. The molecule has 1 aromatic carbocycles. The number of carbonyl (C=O) groups is 1. The third kappa shape index (κ3) is 5.83. The second-order valence-corrected chi connectivity index (χ2v) is 6.43. The highest BCUT2D eigenvalue weighted by atomic mass is 35.5. The van der Waals surface area contributed by atoms with Crippen LogP contribution in [0.1, 0.15) is 32.1 Å². The van der Waals surface area contributed by atoms with Crippen LogP contribution in [0.3, 0.4) is 0 Å². The number of hydrogen-bond acceptors (Lipinski definition) is 3. The van der Waals surface area contributed by atoms with E-state index in [1.807, 2.05) is 35.2 Å². The lowest BCUT2D eigenvalue weighted by Crippen LogP contribution is -2.49. The Balaban J connectivity index is 0.00000144. The van der Waals surface area contributed by atoms with Crippen LogP contribution in [0.4, 0.5) is 5.69 Å². The molecule has 136 valence electrons. The van der Waals surface area contributed by atoms with Gasteiger partial charge in [-0.1, -0.05) is 24.6 Å². The van der Waals surface area contributed by atoms with E-state index in [1.165, 1.54) is 32.4 Å². The molecule has 2 heterocycles. The molecular formula is C18H29Cl2N3O. The zero-order valence-corrected chi connectivity index (χ0v) is 15.8. The SMILES string of the molecule is Cl.Cl.O=C(CNc1ccccc1)N1CCC(N2CCCCC2)CC1. The lowest BCUT2D eigenvalue weighted by atomic mass is 10.00. The van der Waals surface area contributed by atoms with Crippen LogP contribution in [0.15, 0.2) is 30.3 Å². The van der Waals surface area contributed by atoms with Gasteiger partial charge < -0.3 is 15.1 Å². The summed E-state index contributed by atoms with van der Waals surface area (Å²) in [5.74, 6) is 0.223. The molecular weight excluding hydrogens is 345 g/mol. The number of hydrogen-bond donors (Lipinski definition) is 1. The van der Waals surface area contributed by atoms with Gasteiger partial charge in [-0.25, -0.2) is 0 Å². The standard InChI is InChI=1S/C18H27N3O.2ClH/c22-18(15-19-16-7-3-1-4-8-16)21-13-9-17(10-14-21)20-11-5-2-6-12-20;;/h1,3-4,7-8,17,19H,2,5-6,9-15H2;2*1H. The Morgan fingerprint density at radius 3 is 2.21 bits per heavy atom. The summed E-state index contributed by atoms with van der Waals surface area (Å²) in [7, 11) is 0. The van der Waals surface area contributed by atoms with E-state index in [9.17, 15) is 4.79 Å². The first-order chi connectivity index (χ1) is 10.8. The van der Waals surface area contributed by atoms with Crippen molar-refractivity contribution < 1.29 is 4.79 Å². The maximum atomic E-state index is 12.3. The fourth-order valence-electron chi connectivity index (χ4n) is 3.61. The first kappa shape index (κ1) is 21.1. The molecule has 4 nitrogen and oxygen atoms in total. The number of para-hydroxylation sites is 1. The maximum Gasteiger partial charge on any atom is 0.241 e. The van der Waals surface area contributed by atoms with Crippen LogP contribution in [0.25, 0.3) is 0 Å². The second kappa shape index (κ2) is 10.8. The highest BCUT2D eigenvalue weighted by molar-refractivity contribution is 5.85. The van der Waals surface area contributed by atoms with Crippen molar-refractivity contribution in [1.29, 1.82) is 0 Å². The van der Waals surface area contributed by atoms with E-state index < -0.39 is 0 Å². The van der Waals surface area contributed by atoms with Crippen LogP contribution in [-0.4, -0.2) is 54.5 Å². The van der Waals surface area contributed by atoms with Gasteiger partial charge in [0.15, 0.2) is 0 Å².